The first-order valence-corrected chi connectivity index (χ1v) is 8.69. The molecule has 3 aromatic rings. The number of carbonyl (C=O) groups is 2. The van der Waals surface area contributed by atoms with Crippen LogP contribution in [0.15, 0.2) is 77.9 Å². The third kappa shape index (κ3) is 5.49. The predicted molar refractivity (Wildman–Crippen MR) is 109 cm³/mol. The summed E-state index contributed by atoms with van der Waals surface area (Å²) in [6.45, 7) is 0. The SMILES string of the molecule is COc1cccc(C=NNC(=O)c2ccc(NC(=O)c3ccc(F)cc3)cc2)c1. The summed E-state index contributed by atoms with van der Waals surface area (Å²) in [4.78, 5) is 24.3. The molecule has 0 bridgehead atoms. The van der Waals surface area contributed by atoms with Gasteiger partial charge in [0, 0.05) is 16.8 Å². The largest absolute Gasteiger partial charge is 0.497 e. The Hall–Kier alpha value is -4.00. The van der Waals surface area contributed by atoms with Crippen molar-refractivity contribution in [2.75, 3.05) is 12.4 Å². The van der Waals surface area contributed by atoms with Gasteiger partial charge in [0.15, 0.2) is 0 Å². The molecule has 3 aromatic carbocycles. The lowest BCUT2D eigenvalue weighted by molar-refractivity contribution is 0.0954. The van der Waals surface area contributed by atoms with Crippen molar-refractivity contribution < 1.29 is 18.7 Å². The Labute approximate surface area is 167 Å². The molecule has 0 fully saturated rings. The van der Waals surface area contributed by atoms with Crippen LogP contribution in [0.1, 0.15) is 26.3 Å². The van der Waals surface area contributed by atoms with Crippen molar-refractivity contribution in [2.45, 2.75) is 0 Å². The number of nitrogens with one attached hydrogen (secondary N) is 2. The van der Waals surface area contributed by atoms with Crippen molar-refractivity contribution in [3.8, 4) is 5.75 Å². The number of carbonyl (C=O) groups excluding carboxylic acids is 2. The predicted octanol–water partition coefficient (Wildman–Crippen LogP) is 3.85. The second-order valence-electron chi connectivity index (χ2n) is 6.01. The smallest absolute Gasteiger partial charge is 0.271 e. The normalized spacial score (nSPS) is 10.6. The molecular formula is C22H18FN3O3. The number of anilines is 1. The highest BCUT2D eigenvalue weighted by Crippen LogP contribution is 2.13. The van der Waals surface area contributed by atoms with E-state index in [9.17, 15) is 14.0 Å². The number of methoxy groups -OCH3 is 1. The zero-order valence-electron chi connectivity index (χ0n) is 15.6. The maximum absolute atomic E-state index is 12.9. The minimum atomic E-state index is -0.411. The Morgan fingerprint density at radius 1 is 0.931 bits per heavy atom. The number of amides is 2. The zero-order chi connectivity index (χ0) is 20.6. The molecule has 2 N–H and O–H groups in total. The van der Waals surface area contributed by atoms with Gasteiger partial charge in [-0.15, -0.1) is 0 Å². The maximum atomic E-state index is 12.9. The number of benzene rings is 3. The average molecular weight is 391 g/mol. The van der Waals surface area contributed by atoms with Gasteiger partial charge in [-0.3, -0.25) is 9.59 Å². The standard InChI is InChI=1S/C22H18FN3O3/c1-29-20-4-2-3-15(13-20)14-24-26-22(28)17-7-11-19(12-8-17)25-21(27)16-5-9-18(23)10-6-16/h2-14H,1H3,(H,25,27)(H,26,28). The highest BCUT2D eigenvalue weighted by Gasteiger charge is 2.08. The number of rotatable bonds is 6. The summed E-state index contributed by atoms with van der Waals surface area (Å²) in [6.07, 6.45) is 1.51. The first-order valence-electron chi connectivity index (χ1n) is 8.69. The third-order valence-corrected chi connectivity index (χ3v) is 3.98. The van der Waals surface area contributed by atoms with Gasteiger partial charge < -0.3 is 10.1 Å². The molecule has 0 saturated carbocycles. The van der Waals surface area contributed by atoms with Crippen molar-refractivity contribution in [3.05, 3.63) is 95.3 Å². The van der Waals surface area contributed by atoms with Crippen LogP contribution in [0.2, 0.25) is 0 Å². The van der Waals surface area contributed by atoms with E-state index < -0.39 is 5.82 Å². The summed E-state index contributed by atoms with van der Waals surface area (Å²) < 4.78 is 18.1. The molecule has 7 heteroatoms. The Kier molecular flexibility index (Phi) is 6.32. The number of hydrazone groups is 1. The van der Waals surface area contributed by atoms with Crippen molar-refractivity contribution in [3.63, 3.8) is 0 Å². The molecule has 0 atom stereocenters. The fourth-order valence-electron chi connectivity index (χ4n) is 2.46. The molecule has 146 valence electrons. The lowest BCUT2D eigenvalue weighted by Crippen LogP contribution is -2.17. The number of nitrogens with zero attached hydrogens (tertiary/aromatic N) is 1. The summed E-state index contributed by atoms with van der Waals surface area (Å²) in [5.41, 5.74) is 4.45. The molecular weight excluding hydrogens is 373 g/mol. The third-order valence-electron chi connectivity index (χ3n) is 3.98. The van der Waals surface area contributed by atoms with E-state index in [1.54, 1.807) is 37.4 Å². The van der Waals surface area contributed by atoms with Crippen molar-refractivity contribution in [1.82, 2.24) is 5.43 Å². The van der Waals surface area contributed by atoms with E-state index in [1.807, 2.05) is 18.2 Å². The molecule has 0 heterocycles. The minimum Gasteiger partial charge on any atom is -0.497 e. The lowest BCUT2D eigenvalue weighted by Gasteiger charge is -2.06. The van der Waals surface area contributed by atoms with E-state index in [0.717, 1.165) is 5.56 Å². The summed E-state index contributed by atoms with van der Waals surface area (Å²) in [7, 11) is 1.57. The van der Waals surface area contributed by atoms with E-state index in [0.29, 0.717) is 22.6 Å². The van der Waals surface area contributed by atoms with E-state index in [4.69, 9.17) is 4.74 Å². The summed E-state index contributed by atoms with van der Waals surface area (Å²) in [6, 6.07) is 18.8. The van der Waals surface area contributed by atoms with Crippen LogP contribution in [-0.2, 0) is 0 Å². The highest BCUT2D eigenvalue weighted by atomic mass is 19.1. The summed E-state index contributed by atoms with van der Waals surface area (Å²) in [5, 5.41) is 6.62. The van der Waals surface area contributed by atoms with Crippen molar-refractivity contribution in [1.29, 1.82) is 0 Å². The van der Waals surface area contributed by atoms with E-state index in [2.05, 4.69) is 15.8 Å². The second kappa shape index (κ2) is 9.27. The van der Waals surface area contributed by atoms with Gasteiger partial charge >= 0.3 is 0 Å². The molecule has 0 aromatic heterocycles. The molecule has 0 unspecified atom stereocenters. The molecule has 0 saturated heterocycles. The van der Waals surface area contributed by atoms with E-state index in [-0.39, 0.29) is 11.8 Å². The van der Waals surface area contributed by atoms with Crippen molar-refractivity contribution in [2.24, 2.45) is 5.10 Å². The molecule has 0 radical (unpaired) electrons. The molecule has 0 aliphatic carbocycles. The van der Waals surface area contributed by atoms with Crippen LogP contribution in [0.4, 0.5) is 10.1 Å². The highest BCUT2D eigenvalue weighted by molar-refractivity contribution is 6.04. The first kappa shape index (κ1) is 19.8. The Morgan fingerprint density at radius 2 is 1.59 bits per heavy atom. The number of hydrogen-bond acceptors (Lipinski definition) is 4. The number of halogens is 1. The van der Waals surface area contributed by atoms with Gasteiger partial charge in [0.25, 0.3) is 11.8 Å². The van der Waals surface area contributed by atoms with Crippen LogP contribution in [0.3, 0.4) is 0 Å². The van der Waals surface area contributed by atoms with Crippen LogP contribution in [0.5, 0.6) is 5.75 Å². The van der Waals surface area contributed by atoms with Crippen LogP contribution in [0.25, 0.3) is 0 Å². The quantitative estimate of drug-likeness (QED) is 0.495. The Morgan fingerprint density at radius 3 is 2.28 bits per heavy atom. The lowest BCUT2D eigenvalue weighted by atomic mass is 10.1. The van der Waals surface area contributed by atoms with Gasteiger partial charge in [-0.05, 0) is 66.2 Å². The van der Waals surface area contributed by atoms with Crippen LogP contribution >= 0.6 is 0 Å². The molecule has 0 aliphatic rings. The van der Waals surface area contributed by atoms with E-state index in [1.165, 1.54) is 30.5 Å². The fourth-order valence-corrected chi connectivity index (χ4v) is 2.46. The van der Waals surface area contributed by atoms with Crippen molar-refractivity contribution >= 4 is 23.7 Å². The summed E-state index contributed by atoms with van der Waals surface area (Å²) >= 11 is 0. The fraction of sp³-hybridized carbons (Fsp3) is 0.0455. The van der Waals surface area contributed by atoms with Crippen LogP contribution < -0.4 is 15.5 Å². The molecule has 3 rings (SSSR count). The Bertz CT molecular complexity index is 1030. The van der Waals surface area contributed by atoms with Crippen LogP contribution in [-0.4, -0.2) is 25.1 Å². The van der Waals surface area contributed by atoms with Crippen LogP contribution in [0, 0.1) is 5.82 Å². The van der Waals surface area contributed by atoms with Gasteiger partial charge in [-0.2, -0.15) is 5.10 Å². The summed E-state index contributed by atoms with van der Waals surface area (Å²) in [5.74, 6) is -0.477. The van der Waals surface area contributed by atoms with Gasteiger partial charge in [0.2, 0.25) is 0 Å². The number of ether oxygens (including phenoxy) is 1. The minimum absolute atomic E-state index is 0.333. The number of hydrogen-bond donors (Lipinski definition) is 2. The monoisotopic (exact) mass is 391 g/mol. The molecule has 0 spiro atoms. The molecule has 6 nitrogen and oxygen atoms in total. The first-order chi connectivity index (χ1) is 14.0. The van der Waals surface area contributed by atoms with E-state index >= 15 is 0 Å². The Balaban J connectivity index is 1.57. The maximum Gasteiger partial charge on any atom is 0.271 e. The molecule has 0 aliphatic heterocycles. The second-order valence-corrected chi connectivity index (χ2v) is 6.01. The zero-order valence-corrected chi connectivity index (χ0v) is 15.6. The van der Waals surface area contributed by atoms with Gasteiger partial charge in [-0.25, -0.2) is 9.82 Å². The van der Waals surface area contributed by atoms with Gasteiger partial charge in [-0.1, -0.05) is 12.1 Å². The van der Waals surface area contributed by atoms with Gasteiger partial charge in [0.1, 0.15) is 11.6 Å². The topological polar surface area (TPSA) is 79.8 Å². The van der Waals surface area contributed by atoms with Gasteiger partial charge in [0.05, 0.1) is 13.3 Å². The average Bonchev–Trinajstić information content (AvgIpc) is 2.74. The molecule has 29 heavy (non-hydrogen) atoms. The molecule has 2 amide bonds.